The number of benzene rings is 2. The lowest BCUT2D eigenvalue weighted by atomic mass is 9.95. The second kappa shape index (κ2) is 6.54. The highest BCUT2D eigenvalue weighted by molar-refractivity contribution is 6.31. The lowest BCUT2D eigenvalue weighted by Crippen LogP contribution is -2.23. The molecule has 0 saturated heterocycles. The number of halogens is 3. The zero-order valence-corrected chi connectivity index (χ0v) is 13.1. The summed E-state index contributed by atoms with van der Waals surface area (Å²) in [5, 5.41) is 3.79. The number of hydrogen-bond acceptors (Lipinski definition) is 1. The molecule has 2 aromatic carbocycles. The van der Waals surface area contributed by atoms with Crippen LogP contribution in [0.25, 0.3) is 0 Å². The summed E-state index contributed by atoms with van der Waals surface area (Å²) in [5.41, 5.74) is 2.64. The molecule has 112 valence electrons. The average molecular weight is 310 g/mol. The third-order valence-corrected chi connectivity index (χ3v) is 3.79. The molecule has 2 aromatic rings. The zero-order chi connectivity index (χ0) is 15.6. The van der Waals surface area contributed by atoms with E-state index in [1.54, 1.807) is 6.92 Å². The molecule has 0 aliphatic heterocycles. The van der Waals surface area contributed by atoms with Crippen LogP contribution in [0.15, 0.2) is 30.3 Å². The second-order valence-corrected chi connectivity index (χ2v) is 5.55. The van der Waals surface area contributed by atoms with E-state index in [9.17, 15) is 8.78 Å². The number of hydrogen-bond donors (Lipinski definition) is 1. The SMILES string of the molecule is CCNC(c1cc(C)c(F)cc1F)c1ccc(C)cc1Cl. The molecular formula is C17H18ClF2N. The molecule has 0 aliphatic rings. The molecule has 0 heterocycles. The van der Waals surface area contributed by atoms with Gasteiger partial charge in [-0.3, -0.25) is 0 Å². The molecule has 0 amide bonds. The summed E-state index contributed by atoms with van der Waals surface area (Å²) in [4.78, 5) is 0. The van der Waals surface area contributed by atoms with Crippen LogP contribution >= 0.6 is 11.6 Å². The molecule has 0 saturated carbocycles. The van der Waals surface area contributed by atoms with Gasteiger partial charge in [0.25, 0.3) is 0 Å². The first kappa shape index (κ1) is 15.9. The average Bonchev–Trinajstić information content (AvgIpc) is 2.41. The van der Waals surface area contributed by atoms with Gasteiger partial charge in [0.2, 0.25) is 0 Å². The second-order valence-electron chi connectivity index (χ2n) is 5.14. The Morgan fingerprint density at radius 1 is 1.05 bits per heavy atom. The van der Waals surface area contributed by atoms with Crippen LogP contribution in [0.3, 0.4) is 0 Å². The van der Waals surface area contributed by atoms with Gasteiger partial charge in [-0.1, -0.05) is 30.7 Å². The summed E-state index contributed by atoms with van der Waals surface area (Å²) in [6, 6.07) is 7.71. The minimum atomic E-state index is -0.569. The quantitative estimate of drug-likeness (QED) is 0.844. The van der Waals surface area contributed by atoms with Gasteiger partial charge in [-0.25, -0.2) is 8.78 Å². The lowest BCUT2D eigenvalue weighted by molar-refractivity contribution is 0.537. The van der Waals surface area contributed by atoms with Crippen LogP contribution in [-0.4, -0.2) is 6.54 Å². The van der Waals surface area contributed by atoms with Gasteiger partial charge in [0.1, 0.15) is 11.6 Å². The van der Waals surface area contributed by atoms with Gasteiger partial charge in [-0.2, -0.15) is 0 Å². The molecule has 1 unspecified atom stereocenters. The van der Waals surface area contributed by atoms with E-state index >= 15 is 0 Å². The Bertz CT molecular complexity index is 655. The molecule has 1 N–H and O–H groups in total. The zero-order valence-electron chi connectivity index (χ0n) is 12.3. The molecular weight excluding hydrogens is 292 g/mol. The number of rotatable bonds is 4. The minimum absolute atomic E-state index is 0.401. The van der Waals surface area contributed by atoms with E-state index in [1.807, 2.05) is 32.0 Å². The van der Waals surface area contributed by atoms with Crippen molar-refractivity contribution in [2.75, 3.05) is 6.54 Å². The van der Waals surface area contributed by atoms with Crippen LogP contribution in [0.4, 0.5) is 8.78 Å². The fraction of sp³-hybridized carbons (Fsp3) is 0.294. The van der Waals surface area contributed by atoms with Crippen molar-refractivity contribution in [3.05, 3.63) is 69.2 Å². The lowest BCUT2D eigenvalue weighted by Gasteiger charge is -2.21. The molecule has 0 radical (unpaired) electrons. The summed E-state index contributed by atoms with van der Waals surface area (Å²) in [6.07, 6.45) is 0. The maximum atomic E-state index is 14.2. The van der Waals surface area contributed by atoms with Crippen molar-refractivity contribution in [2.24, 2.45) is 0 Å². The molecule has 0 spiro atoms. The summed E-state index contributed by atoms with van der Waals surface area (Å²) >= 11 is 6.30. The van der Waals surface area contributed by atoms with Crippen molar-refractivity contribution in [1.82, 2.24) is 5.32 Å². The molecule has 0 aliphatic carbocycles. The largest absolute Gasteiger partial charge is 0.306 e. The fourth-order valence-corrected chi connectivity index (χ4v) is 2.70. The highest BCUT2D eigenvalue weighted by Gasteiger charge is 2.21. The molecule has 0 aromatic heterocycles. The van der Waals surface area contributed by atoms with E-state index in [1.165, 1.54) is 6.07 Å². The smallest absolute Gasteiger partial charge is 0.131 e. The van der Waals surface area contributed by atoms with Crippen molar-refractivity contribution >= 4 is 11.6 Å². The van der Waals surface area contributed by atoms with Gasteiger partial charge < -0.3 is 5.32 Å². The predicted molar refractivity (Wildman–Crippen MR) is 82.8 cm³/mol. The van der Waals surface area contributed by atoms with Crippen LogP contribution < -0.4 is 5.32 Å². The van der Waals surface area contributed by atoms with E-state index in [2.05, 4.69) is 5.32 Å². The highest BCUT2D eigenvalue weighted by Crippen LogP contribution is 2.31. The Balaban J connectivity index is 2.55. The van der Waals surface area contributed by atoms with Crippen LogP contribution in [0.1, 0.15) is 35.2 Å². The third kappa shape index (κ3) is 3.42. The van der Waals surface area contributed by atoms with Crippen molar-refractivity contribution in [3.63, 3.8) is 0 Å². The van der Waals surface area contributed by atoms with E-state index in [0.717, 1.165) is 17.2 Å². The standard InChI is InChI=1S/C17H18ClF2N/c1-4-21-17(12-6-5-10(2)7-14(12)18)13-8-11(3)15(19)9-16(13)20/h5-9,17,21H,4H2,1-3H3. The first-order valence-electron chi connectivity index (χ1n) is 6.89. The summed E-state index contributed by atoms with van der Waals surface area (Å²) in [5.74, 6) is -1.11. The van der Waals surface area contributed by atoms with Gasteiger partial charge in [0.05, 0.1) is 6.04 Å². The molecule has 0 fully saturated rings. The van der Waals surface area contributed by atoms with Gasteiger partial charge in [-0.15, -0.1) is 0 Å². The van der Waals surface area contributed by atoms with Crippen molar-refractivity contribution in [3.8, 4) is 0 Å². The van der Waals surface area contributed by atoms with Crippen LogP contribution in [0.5, 0.6) is 0 Å². The molecule has 1 atom stereocenters. The van der Waals surface area contributed by atoms with Crippen LogP contribution in [0.2, 0.25) is 5.02 Å². The minimum Gasteiger partial charge on any atom is -0.306 e. The Morgan fingerprint density at radius 3 is 2.38 bits per heavy atom. The van der Waals surface area contributed by atoms with Crippen molar-refractivity contribution in [1.29, 1.82) is 0 Å². The highest BCUT2D eigenvalue weighted by atomic mass is 35.5. The third-order valence-electron chi connectivity index (χ3n) is 3.46. The van der Waals surface area contributed by atoms with Gasteiger partial charge in [0.15, 0.2) is 0 Å². The van der Waals surface area contributed by atoms with E-state index in [0.29, 0.717) is 22.7 Å². The van der Waals surface area contributed by atoms with E-state index in [4.69, 9.17) is 11.6 Å². The summed E-state index contributed by atoms with van der Waals surface area (Å²) < 4.78 is 27.6. The fourth-order valence-electron chi connectivity index (χ4n) is 2.36. The molecule has 1 nitrogen and oxygen atoms in total. The first-order chi connectivity index (χ1) is 9.93. The summed E-state index contributed by atoms with van der Waals surface area (Å²) in [7, 11) is 0. The van der Waals surface area contributed by atoms with E-state index in [-0.39, 0.29) is 0 Å². The molecule has 4 heteroatoms. The number of nitrogens with one attached hydrogen (secondary N) is 1. The predicted octanol–water partition coefficient (Wildman–Crippen LogP) is 4.93. The van der Waals surface area contributed by atoms with Gasteiger partial charge in [-0.05, 0) is 49.2 Å². The van der Waals surface area contributed by atoms with Gasteiger partial charge in [0, 0.05) is 16.7 Å². The molecule has 2 rings (SSSR count). The summed E-state index contributed by atoms with van der Waals surface area (Å²) in [6.45, 7) is 6.15. The van der Waals surface area contributed by atoms with Crippen molar-refractivity contribution < 1.29 is 8.78 Å². The van der Waals surface area contributed by atoms with Crippen LogP contribution in [-0.2, 0) is 0 Å². The Kier molecular flexibility index (Phi) is 4.96. The van der Waals surface area contributed by atoms with Crippen LogP contribution in [0, 0.1) is 25.5 Å². The molecule has 0 bridgehead atoms. The Morgan fingerprint density at radius 2 is 1.76 bits per heavy atom. The van der Waals surface area contributed by atoms with Crippen molar-refractivity contribution in [2.45, 2.75) is 26.8 Å². The monoisotopic (exact) mass is 309 g/mol. The first-order valence-corrected chi connectivity index (χ1v) is 7.26. The number of aryl methyl sites for hydroxylation is 2. The topological polar surface area (TPSA) is 12.0 Å². The molecule has 21 heavy (non-hydrogen) atoms. The normalized spacial score (nSPS) is 12.5. The van der Waals surface area contributed by atoms with E-state index < -0.39 is 17.7 Å². The van der Waals surface area contributed by atoms with Gasteiger partial charge >= 0.3 is 0 Å². The maximum Gasteiger partial charge on any atom is 0.131 e. The Labute approximate surface area is 128 Å². The Hall–Kier alpha value is -1.45. The maximum absolute atomic E-state index is 14.2.